The standard InChI is InChI=1S/C12H19N3O3S/c1-6(2)4-8(12(17)18)14-10(16)9-5-19-11(15-9)7(3)13/h5-8H,4,13H2,1-3H3,(H,14,16)(H,17,18)/t7?,8-/m1/s1. The molecular formula is C12H19N3O3S. The van der Waals surface area contributed by atoms with Gasteiger partial charge in [-0.25, -0.2) is 9.78 Å². The van der Waals surface area contributed by atoms with E-state index in [0.29, 0.717) is 11.4 Å². The molecular weight excluding hydrogens is 266 g/mol. The fraction of sp³-hybridized carbons (Fsp3) is 0.583. The van der Waals surface area contributed by atoms with Gasteiger partial charge in [-0.05, 0) is 19.3 Å². The van der Waals surface area contributed by atoms with Crippen molar-refractivity contribution >= 4 is 23.2 Å². The van der Waals surface area contributed by atoms with Crippen molar-refractivity contribution in [3.63, 3.8) is 0 Å². The summed E-state index contributed by atoms with van der Waals surface area (Å²) in [5.74, 6) is -1.34. The van der Waals surface area contributed by atoms with E-state index in [-0.39, 0.29) is 17.7 Å². The second-order valence-electron chi connectivity index (χ2n) is 4.85. The van der Waals surface area contributed by atoms with Gasteiger partial charge in [-0.2, -0.15) is 0 Å². The van der Waals surface area contributed by atoms with E-state index in [1.54, 1.807) is 12.3 Å². The number of carboxylic acids is 1. The molecule has 1 rings (SSSR count). The fourth-order valence-corrected chi connectivity index (χ4v) is 2.28. The summed E-state index contributed by atoms with van der Waals surface area (Å²) in [4.78, 5) is 27.1. The van der Waals surface area contributed by atoms with Gasteiger partial charge >= 0.3 is 5.97 Å². The maximum atomic E-state index is 11.9. The van der Waals surface area contributed by atoms with Crippen molar-refractivity contribution in [2.75, 3.05) is 0 Å². The Morgan fingerprint density at radius 1 is 1.47 bits per heavy atom. The maximum Gasteiger partial charge on any atom is 0.326 e. The van der Waals surface area contributed by atoms with Crippen LogP contribution in [0.5, 0.6) is 0 Å². The number of carbonyl (C=O) groups excluding carboxylic acids is 1. The van der Waals surface area contributed by atoms with Crippen molar-refractivity contribution in [1.29, 1.82) is 0 Å². The molecule has 6 nitrogen and oxygen atoms in total. The summed E-state index contributed by atoms with van der Waals surface area (Å²) in [5, 5.41) is 13.8. The molecule has 2 atom stereocenters. The number of amides is 1. The highest BCUT2D eigenvalue weighted by atomic mass is 32.1. The highest BCUT2D eigenvalue weighted by molar-refractivity contribution is 7.09. The van der Waals surface area contributed by atoms with Gasteiger partial charge in [0.15, 0.2) is 0 Å². The van der Waals surface area contributed by atoms with Crippen molar-refractivity contribution in [1.82, 2.24) is 10.3 Å². The molecule has 19 heavy (non-hydrogen) atoms. The topological polar surface area (TPSA) is 105 Å². The van der Waals surface area contributed by atoms with Crippen LogP contribution in [0, 0.1) is 5.92 Å². The van der Waals surface area contributed by atoms with Crippen LogP contribution in [-0.4, -0.2) is 28.0 Å². The van der Waals surface area contributed by atoms with E-state index in [0.717, 1.165) is 0 Å². The number of thiazole rings is 1. The van der Waals surface area contributed by atoms with Gasteiger partial charge in [0, 0.05) is 5.38 Å². The third-order valence-corrected chi connectivity index (χ3v) is 3.50. The van der Waals surface area contributed by atoms with Gasteiger partial charge in [0.05, 0.1) is 6.04 Å². The largest absolute Gasteiger partial charge is 0.480 e. The van der Waals surface area contributed by atoms with Gasteiger partial charge < -0.3 is 16.2 Å². The molecule has 1 aromatic heterocycles. The van der Waals surface area contributed by atoms with Gasteiger partial charge in [-0.15, -0.1) is 11.3 Å². The molecule has 0 aliphatic heterocycles. The molecule has 1 aromatic rings. The number of aromatic nitrogens is 1. The minimum Gasteiger partial charge on any atom is -0.480 e. The third kappa shape index (κ3) is 4.60. The second-order valence-corrected chi connectivity index (χ2v) is 5.74. The zero-order valence-corrected chi connectivity index (χ0v) is 12.0. The van der Waals surface area contributed by atoms with Crippen LogP contribution in [0.1, 0.15) is 48.7 Å². The average Bonchev–Trinajstić information content (AvgIpc) is 2.76. The van der Waals surface area contributed by atoms with Crippen LogP contribution >= 0.6 is 11.3 Å². The highest BCUT2D eigenvalue weighted by Gasteiger charge is 2.23. The summed E-state index contributed by atoms with van der Waals surface area (Å²) in [5.41, 5.74) is 5.88. The minimum atomic E-state index is -1.04. The molecule has 0 aliphatic carbocycles. The summed E-state index contributed by atoms with van der Waals surface area (Å²) in [7, 11) is 0. The zero-order valence-electron chi connectivity index (χ0n) is 11.2. The fourth-order valence-electron chi connectivity index (χ4n) is 1.53. The van der Waals surface area contributed by atoms with Gasteiger partial charge in [0.2, 0.25) is 0 Å². The number of nitrogens with two attached hydrogens (primary N) is 1. The Bertz CT molecular complexity index is 457. The molecule has 0 aromatic carbocycles. The molecule has 7 heteroatoms. The van der Waals surface area contributed by atoms with Crippen LogP contribution in [-0.2, 0) is 4.79 Å². The van der Waals surface area contributed by atoms with Crippen LogP contribution in [0.25, 0.3) is 0 Å². The van der Waals surface area contributed by atoms with E-state index in [2.05, 4.69) is 10.3 Å². The first-order chi connectivity index (χ1) is 8.81. The number of rotatable bonds is 6. The van der Waals surface area contributed by atoms with Gasteiger partial charge in [0.25, 0.3) is 5.91 Å². The molecule has 0 fully saturated rings. The quantitative estimate of drug-likeness (QED) is 0.732. The van der Waals surface area contributed by atoms with E-state index in [4.69, 9.17) is 10.8 Å². The minimum absolute atomic E-state index is 0.177. The number of hydrogen-bond donors (Lipinski definition) is 3. The van der Waals surface area contributed by atoms with E-state index >= 15 is 0 Å². The lowest BCUT2D eigenvalue weighted by Gasteiger charge is -2.15. The molecule has 106 valence electrons. The predicted molar refractivity (Wildman–Crippen MR) is 73.1 cm³/mol. The molecule has 0 bridgehead atoms. The summed E-state index contributed by atoms with van der Waals surface area (Å²) in [6, 6.07) is -1.13. The first-order valence-electron chi connectivity index (χ1n) is 6.06. The van der Waals surface area contributed by atoms with E-state index in [1.165, 1.54) is 11.3 Å². The van der Waals surface area contributed by atoms with Crippen LogP contribution < -0.4 is 11.1 Å². The van der Waals surface area contributed by atoms with Crippen LogP contribution in [0.3, 0.4) is 0 Å². The SMILES string of the molecule is CC(C)C[C@@H](NC(=O)c1csc(C(C)N)n1)C(=O)O. The van der Waals surface area contributed by atoms with Crippen molar-refractivity contribution in [2.24, 2.45) is 11.7 Å². The Balaban J connectivity index is 2.73. The predicted octanol–water partition coefficient (Wildman–Crippen LogP) is 1.39. The molecule has 4 N–H and O–H groups in total. The normalized spacial score (nSPS) is 14.2. The van der Waals surface area contributed by atoms with Crippen molar-refractivity contribution in [3.8, 4) is 0 Å². The Morgan fingerprint density at radius 3 is 2.53 bits per heavy atom. The van der Waals surface area contributed by atoms with E-state index in [9.17, 15) is 9.59 Å². The zero-order chi connectivity index (χ0) is 14.6. The van der Waals surface area contributed by atoms with E-state index in [1.807, 2.05) is 13.8 Å². The second kappa shape index (κ2) is 6.63. The lowest BCUT2D eigenvalue weighted by molar-refractivity contribution is -0.139. The molecule has 1 amide bonds. The number of carbonyl (C=O) groups is 2. The van der Waals surface area contributed by atoms with Gasteiger partial charge in [0.1, 0.15) is 16.7 Å². The molecule has 1 heterocycles. The Labute approximate surface area is 116 Å². The lowest BCUT2D eigenvalue weighted by atomic mass is 10.0. The molecule has 0 radical (unpaired) electrons. The Morgan fingerprint density at radius 2 is 2.11 bits per heavy atom. The number of aliphatic carboxylic acids is 1. The summed E-state index contributed by atoms with van der Waals surface area (Å²) >= 11 is 1.29. The molecule has 0 saturated carbocycles. The number of carboxylic acid groups (broad SMARTS) is 1. The number of hydrogen-bond acceptors (Lipinski definition) is 5. The number of nitrogens with one attached hydrogen (secondary N) is 1. The first kappa shape index (κ1) is 15.6. The Kier molecular flexibility index (Phi) is 5.44. The smallest absolute Gasteiger partial charge is 0.326 e. The highest BCUT2D eigenvalue weighted by Crippen LogP contribution is 2.16. The van der Waals surface area contributed by atoms with Crippen molar-refractivity contribution in [2.45, 2.75) is 39.3 Å². The van der Waals surface area contributed by atoms with E-state index < -0.39 is 17.9 Å². The maximum absolute atomic E-state index is 11.9. The molecule has 0 aliphatic rings. The first-order valence-corrected chi connectivity index (χ1v) is 6.94. The van der Waals surface area contributed by atoms with Crippen LogP contribution in [0.2, 0.25) is 0 Å². The van der Waals surface area contributed by atoms with Gasteiger partial charge in [-0.3, -0.25) is 4.79 Å². The van der Waals surface area contributed by atoms with Crippen LogP contribution in [0.4, 0.5) is 0 Å². The summed E-state index contributed by atoms with van der Waals surface area (Å²) < 4.78 is 0. The molecule has 0 saturated heterocycles. The molecule has 1 unspecified atom stereocenters. The lowest BCUT2D eigenvalue weighted by Crippen LogP contribution is -2.41. The van der Waals surface area contributed by atoms with Gasteiger partial charge in [-0.1, -0.05) is 13.8 Å². The number of nitrogens with zero attached hydrogens (tertiary/aromatic N) is 1. The average molecular weight is 285 g/mol. The summed E-state index contributed by atoms with van der Waals surface area (Å²) in [6.45, 7) is 5.58. The van der Waals surface area contributed by atoms with Crippen molar-refractivity contribution < 1.29 is 14.7 Å². The van der Waals surface area contributed by atoms with Crippen molar-refractivity contribution in [3.05, 3.63) is 16.1 Å². The third-order valence-electron chi connectivity index (χ3n) is 2.45. The monoisotopic (exact) mass is 285 g/mol. The Hall–Kier alpha value is -1.47. The van der Waals surface area contributed by atoms with Crippen LogP contribution in [0.15, 0.2) is 5.38 Å². The molecule has 0 spiro atoms. The summed E-state index contributed by atoms with van der Waals surface area (Å²) in [6.07, 6.45) is 0.380.